The molecule has 0 radical (unpaired) electrons. The number of rotatable bonds is 3. The minimum atomic E-state index is -0.526. The highest BCUT2D eigenvalue weighted by Crippen LogP contribution is 2.13. The number of amides is 1. The topological polar surface area (TPSA) is 38.3 Å². The van der Waals surface area contributed by atoms with E-state index in [1.165, 1.54) is 0 Å². The van der Waals surface area contributed by atoms with Gasteiger partial charge in [0.05, 0.1) is 21.1 Å². The Bertz CT molecular complexity index is 485. The highest BCUT2D eigenvalue weighted by atomic mass is 35.5. The van der Waals surface area contributed by atoms with E-state index in [1.54, 1.807) is 24.3 Å². The lowest BCUT2D eigenvalue weighted by atomic mass is 10.3. The maximum atomic E-state index is 11.4. The maximum absolute atomic E-state index is 11.4. The summed E-state index contributed by atoms with van der Waals surface area (Å²) in [5.74, 6) is 5.75. The van der Waals surface area contributed by atoms with Gasteiger partial charge in [-0.1, -0.05) is 17.5 Å². The van der Waals surface area contributed by atoms with Crippen molar-refractivity contribution < 1.29 is 26.4 Å². The molecule has 1 aromatic rings. The minimum absolute atomic E-state index is 0. The number of halogens is 2. The quantitative estimate of drug-likeness (QED) is 0.609. The predicted molar refractivity (Wildman–Crippen MR) is 77.1 cm³/mol. The fraction of sp³-hybridized carbons (Fsp3) is 0.357. The highest BCUT2D eigenvalue weighted by molar-refractivity contribution is 6.30. The Morgan fingerprint density at radius 1 is 1.25 bits per heavy atom. The first kappa shape index (κ1) is 18.6. The fourth-order valence-electron chi connectivity index (χ4n) is 1.13. The SMILES string of the molecule is C[N+](C)(C)CC#CCOC(=O)Nc1ccc(Cl)cc1.[Cl-]. The van der Waals surface area contributed by atoms with E-state index in [0.717, 1.165) is 4.48 Å². The van der Waals surface area contributed by atoms with E-state index >= 15 is 0 Å². The van der Waals surface area contributed by atoms with Crippen molar-refractivity contribution in [3.05, 3.63) is 29.3 Å². The van der Waals surface area contributed by atoms with Gasteiger partial charge in [0.25, 0.3) is 0 Å². The van der Waals surface area contributed by atoms with Crippen molar-refractivity contribution in [1.82, 2.24) is 0 Å². The molecule has 0 spiro atoms. The van der Waals surface area contributed by atoms with Gasteiger partial charge in [0.15, 0.2) is 6.61 Å². The number of quaternary nitrogens is 1. The molecule has 0 heterocycles. The number of carbonyl (C=O) groups excluding carboxylic acids is 1. The van der Waals surface area contributed by atoms with Crippen molar-refractivity contribution in [2.45, 2.75) is 0 Å². The lowest BCUT2D eigenvalue weighted by molar-refractivity contribution is -0.862. The number of carbonyl (C=O) groups is 1. The summed E-state index contributed by atoms with van der Waals surface area (Å²) in [6.07, 6.45) is -0.526. The molecule has 0 aliphatic heterocycles. The zero-order valence-corrected chi connectivity index (χ0v) is 13.3. The molecule has 20 heavy (non-hydrogen) atoms. The average molecular weight is 317 g/mol. The van der Waals surface area contributed by atoms with Crippen LogP contribution in [0.3, 0.4) is 0 Å². The van der Waals surface area contributed by atoms with Crippen LogP contribution < -0.4 is 17.7 Å². The average Bonchev–Trinajstić information content (AvgIpc) is 2.30. The molecule has 0 aliphatic carbocycles. The van der Waals surface area contributed by atoms with E-state index in [-0.39, 0.29) is 19.0 Å². The highest BCUT2D eigenvalue weighted by Gasteiger charge is 2.03. The lowest BCUT2D eigenvalue weighted by Crippen LogP contribution is -3.00. The van der Waals surface area contributed by atoms with Crippen LogP contribution in [0.1, 0.15) is 0 Å². The Hall–Kier alpha value is -1.41. The molecule has 0 saturated heterocycles. The molecule has 0 bridgehead atoms. The molecule has 0 atom stereocenters. The fourth-order valence-corrected chi connectivity index (χ4v) is 1.26. The standard InChI is InChI=1S/C14H17ClN2O2.ClH/c1-17(2,3)10-4-5-11-19-14(18)16-13-8-6-12(15)7-9-13;/h6-9H,10-11H2,1-3H3;1H. The van der Waals surface area contributed by atoms with Gasteiger partial charge in [-0.3, -0.25) is 5.32 Å². The molecule has 6 heteroatoms. The summed E-state index contributed by atoms with van der Waals surface area (Å²) < 4.78 is 5.68. The number of nitrogens with one attached hydrogen (secondary N) is 1. The molecular weight excluding hydrogens is 299 g/mol. The first-order valence-corrected chi connectivity index (χ1v) is 6.20. The summed E-state index contributed by atoms with van der Waals surface area (Å²) in [5, 5.41) is 3.20. The monoisotopic (exact) mass is 316 g/mol. The van der Waals surface area contributed by atoms with E-state index in [1.807, 2.05) is 21.1 Å². The second-order valence-electron chi connectivity index (χ2n) is 5.01. The molecule has 0 aromatic heterocycles. The Balaban J connectivity index is 0.00000361. The smallest absolute Gasteiger partial charge is 0.412 e. The summed E-state index contributed by atoms with van der Waals surface area (Å²) in [5.41, 5.74) is 0.633. The largest absolute Gasteiger partial charge is 1.00 e. The van der Waals surface area contributed by atoms with Crippen molar-refractivity contribution in [1.29, 1.82) is 0 Å². The molecule has 0 aliphatic rings. The Morgan fingerprint density at radius 3 is 2.40 bits per heavy atom. The molecule has 1 aromatic carbocycles. The van der Waals surface area contributed by atoms with Crippen LogP contribution in [-0.2, 0) is 4.74 Å². The summed E-state index contributed by atoms with van der Waals surface area (Å²) in [6, 6.07) is 6.79. The van der Waals surface area contributed by atoms with Crippen LogP contribution in [0.25, 0.3) is 0 Å². The van der Waals surface area contributed by atoms with Crippen LogP contribution in [0, 0.1) is 11.8 Å². The van der Waals surface area contributed by atoms with Gasteiger partial charge in [0, 0.05) is 10.7 Å². The molecule has 4 nitrogen and oxygen atoms in total. The summed E-state index contributed by atoms with van der Waals surface area (Å²) in [7, 11) is 6.13. The Labute approximate surface area is 131 Å². The number of ether oxygens (including phenoxy) is 1. The van der Waals surface area contributed by atoms with Gasteiger partial charge in [0.2, 0.25) is 0 Å². The summed E-state index contributed by atoms with van der Waals surface area (Å²) >= 11 is 5.74. The second kappa shape index (κ2) is 8.70. The van der Waals surface area contributed by atoms with Crippen molar-refractivity contribution in [2.75, 3.05) is 39.6 Å². The van der Waals surface area contributed by atoms with Crippen LogP contribution in [-0.4, -0.2) is 44.9 Å². The number of anilines is 1. The van der Waals surface area contributed by atoms with Crippen LogP contribution in [0.15, 0.2) is 24.3 Å². The van der Waals surface area contributed by atoms with Crippen LogP contribution in [0.4, 0.5) is 10.5 Å². The van der Waals surface area contributed by atoms with Crippen molar-refractivity contribution >= 4 is 23.4 Å². The van der Waals surface area contributed by atoms with Gasteiger partial charge < -0.3 is 21.6 Å². The molecule has 110 valence electrons. The zero-order chi connectivity index (χ0) is 14.3. The molecule has 0 fully saturated rings. The third-order valence-corrected chi connectivity index (χ3v) is 2.30. The second-order valence-corrected chi connectivity index (χ2v) is 5.45. The molecule has 0 saturated carbocycles. The third kappa shape index (κ3) is 8.65. The number of hydrogen-bond donors (Lipinski definition) is 1. The van der Waals surface area contributed by atoms with E-state index in [9.17, 15) is 4.79 Å². The Kier molecular flexibility index (Phi) is 8.09. The van der Waals surface area contributed by atoms with Crippen LogP contribution in [0.5, 0.6) is 0 Å². The van der Waals surface area contributed by atoms with Gasteiger partial charge in [-0.25, -0.2) is 4.79 Å². The first-order chi connectivity index (χ1) is 8.87. The molecule has 1 amide bonds. The summed E-state index contributed by atoms with van der Waals surface area (Å²) in [6.45, 7) is 0.793. The van der Waals surface area contributed by atoms with Gasteiger partial charge in [-0.05, 0) is 30.2 Å². The molecular formula is C14H18Cl2N2O2. The number of benzene rings is 1. The molecule has 1 N–H and O–H groups in total. The predicted octanol–water partition coefficient (Wildman–Crippen LogP) is -0.398. The van der Waals surface area contributed by atoms with Gasteiger partial charge in [-0.2, -0.15) is 0 Å². The first-order valence-electron chi connectivity index (χ1n) is 5.82. The minimum Gasteiger partial charge on any atom is -1.00 e. The van der Waals surface area contributed by atoms with E-state index in [0.29, 0.717) is 17.3 Å². The number of hydrogen-bond acceptors (Lipinski definition) is 2. The number of nitrogens with zero attached hydrogens (tertiary/aromatic N) is 1. The van der Waals surface area contributed by atoms with Crippen LogP contribution in [0.2, 0.25) is 5.02 Å². The van der Waals surface area contributed by atoms with Crippen molar-refractivity contribution in [3.63, 3.8) is 0 Å². The van der Waals surface area contributed by atoms with E-state index in [4.69, 9.17) is 16.3 Å². The van der Waals surface area contributed by atoms with Gasteiger partial charge in [0.1, 0.15) is 6.54 Å². The van der Waals surface area contributed by atoms with E-state index in [2.05, 4.69) is 17.2 Å². The van der Waals surface area contributed by atoms with Gasteiger partial charge in [-0.15, -0.1) is 0 Å². The third-order valence-electron chi connectivity index (χ3n) is 2.04. The van der Waals surface area contributed by atoms with Crippen molar-refractivity contribution in [3.8, 4) is 11.8 Å². The van der Waals surface area contributed by atoms with Gasteiger partial charge >= 0.3 is 6.09 Å². The Morgan fingerprint density at radius 2 is 1.85 bits per heavy atom. The molecule has 1 rings (SSSR count). The van der Waals surface area contributed by atoms with Crippen LogP contribution >= 0.6 is 11.6 Å². The normalized spacial score (nSPS) is 9.80. The van der Waals surface area contributed by atoms with E-state index < -0.39 is 6.09 Å². The lowest BCUT2D eigenvalue weighted by Gasteiger charge is -2.19. The summed E-state index contributed by atoms with van der Waals surface area (Å²) in [4.78, 5) is 11.4. The maximum Gasteiger partial charge on any atom is 0.412 e. The zero-order valence-electron chi connectivity index (χ0n) is 11.7. The van der Waals surface area contributed by atoms with Crippen molar-refractivity contribution in [2.24, 2.45) is 0 Å². The molecule has 0 unspecified atom stereocenters.